The van der Waals surface area contributed by atoms with Crippen LogP contribution < -0.4 is 5.32 Å². The number of nitrogens with one attached hydrogen (secondary N) is 1. The van der Waals surface area contributed by atoms with Crippen LogP contribution in [0, 0.1) is 12.3 Å². The number of ketones is 1. The summed E-state index contributed by atoms with van der Waals surface area (Å²) in [5, 5.41) is 4.25. The van der Waals surface area contributed by atoms with Gasteiger partial charge in [0.1, 0.15) is 12.1 Å². The van der Waals surface area contributed by atoms with Gasteiger partial charge in [-0.05, 0) is 74.7 Å². The number of nitrogens with zero attached hydrogens (tertiary/aromatic N) is 4. The zero-order chi connectivity index (χ0) is 23.3. The smallest absolute Gasteiger partial charge is 0.151 e. The van der Waals surface area contributed by atoms with Crippen molar-refractivity contribution in [2.45, 2.75) is 38.1 Å². The molecule has 2 aliphatic rings. The maximum absolute atomic E-state index is 12.9. The molecule has 3 heterocycles. The minimum absolute atomic E-state index is 0.257. The molecule has 0 amide bonds. The second-order valence-corrected chi connectivity index (χ2v) is 9.39. The minimum Gasteiger partial charge on any atom is -0.340 e. The number of rotatable bonds is 7. The molecule has 0 saturated carbocycles. The highest BCUT2D eigenvalue weighted by Gasteiger charge is 2.27. The summed E-state index contributed by atoms with van der Waals surface area (Å²) in [6, 6.07) is 14.4. The number of Topliss-reactive ketones (excluding diaryl/α,β-unsaturated/α-hetero) is 1. The Kier molecular flexibility index (Phi) is 6.84. The summed E-state index contributed by atoms with van der Waals surface area (Å²) in [6.07, 6.45) is 12.5. The zero-order valence-electron chi connectivity index (χ0n) is 19.5. The lowest BCUT2D eigenvalue weighted by atomic mass is 10.0. The van der Waals surface area contributed by atoms with Crippen molar-refractivity contribution in [3.8, 4) is 12.3 Å². The van der Waals surface area contributed by atoms with Crippen molar-refractivity contribution in [3.63, 3.8) is 0 Å². The number of aromatic nitrogens is 2. The van der Waals surface area contributed by atoms with Crippen LogP contribution in [0.25, 0.3) is 10.9 Å². The highest BCUT2D eigenvalue weighted by Crippen LogP contribution is 2.25. The Morgan fingerprint density at radius 3 is 2.68 bits per heavy atom. The van der Waals surface area contributed by atoms with Crippen LogP contribution in [0.1, 0.15) is 36.8 Å². The molecule has 34 heavy (non-hydrogen) atoms. The molecule has 3 aromatic rings. The molecule has 2 saturated heterocycles. The molecule has 0 spiro atoms. The lowest BCUT2D eigenvalue weighted by molar-refractivity contribution is -0.119. The fourth-order valence-corrected chi connectivity index (χ4v) is 5.22. The molecular weight excluding hydrogens is 422 g/mol. The van der Waals surface area contributed by atoms with Crippen molar-refractivity contribution in [3.05, 3.63) is 59.9 Å². The molecule has 2 aliphatic heterocycles. The van der Waals surface area contributed by atoms with Crippen molar-refractivity contribution in [1.82, 2.24) is 19.8 Å². The third-order valence-corrected chi connectivity index (χ3v) is 7.01. The van der Waals surface area contributed by atoms with Crippen LogP contribution in [-0.2, 0) is 11.2 Å². The predicted molar refractivity (Wildman–Crippen MR) is 136 cm³/mol. The first-order valence-electron chi connectivity index (χ1n) is 12.2. The number of piperidine rings is 1. The Morgan fingerprint density at radius 2 is 1.88 bits per heavy atom. The molecule has 1 N–H and O–H groups in total. The number of hydrogen-bond acceptors (Lipinski definition) is 6. The number of hydrogen-bond donors (Lipinski definition) is 1. The minimum atomic E-state index is 0.257. The topological polar surface area (TPSA) is 61.4 Å². The quantitative estimate of drug-likeness (QED) is 0.545. The number of anilines is 2. The molecule has 0 unspecified atom stereocenters. The standard InChI is InChI=1S/C28H31N5O/c1-2-21-6-5-7-23(16-21)31-28-26-18-22(8-9-27(26)29-20-30-28)17-25(34)19-32-14-10-24(11-15-32)33-12-3-4-13-33/h1,5-9,16,18,20,24H,3-4,10-15,17,19H2,(H,29,30,31). The van der Waals surface area contributed by atoms with Gasteiger partial charge in [0, 0.05) is 42.2 Å². The van der Waals surface area contributed by atoms with E-state index >= 15 is 0 Å². The largest absolute Gasteiger partial charge is 0.340 e. The summed E-state index contributed by atoms with van der Waals surface area (Å²) < 4.78 is 0. The molecule has 1 aromatic heterocycles. The second-order valence-electron chi connectivity index (χ2n) is 9.39. The van der Waals surface area contributed by atoms with E-state index in [-0.39, 0.29) is 5.78 Å². The van der Waals surface area contributed by atoms with Gasteiger partial charge in [0.05, 0.1) is 12.1 Å². The summed E-state index contributed by atoms with van der Waals surface area (Å²) in [5.41, 5.74) is 3.50. The van der Waals surface area contributed by atoms with Crippen LogP contribution in [0.4, 0.5) is 11.5 Å². The highest BCUT2D eigenvalue weighted by molar-refractivity contribution is 5.92. The van der Waals surface area contributed by atoms with Crippen molar-refractivity contribution in [2.24, 2.45) is 0 Å². The van der Waals surface area contributed by atoms with Crippen LogP contribution in [-0.4, -0.2) is 64.3 Å². The SMILES string of the molecule is C#Cc1cccc(Nc2ncnc3ccc(CC(=O)CN4CCC(N5CCCC5)CC4)cc23)c1. The molecule has 6 heteroatoms. The predicted octanol–water partition coefficient (Wildman–Crippen LogP) is 4.03. The summed E-state index contributed by atoms with van der Waals surface area (Å²) in [5.74, 6) is 3.62. The van der Waals surface area contributed by atoms with Gasteiger partial charge in [0.25, 0.3) is 0 Å². The third-order valence-electron chi connectivity index (χ3n) is 7.01. The Hall–Kier alpha value is -3.27. The fraction of sp³-hybridized carbons (Fsp3) is 0.393. The third kappa shape index (κ3) is 5.27. The van der Waals surface area contributed by atoms with E-state index in [1.54, 1.807) is 6.33 Å². The molecule has 174 valence electrons. The molecule has 0 atom stereocenters. The monoisotopic (exact) mass is 453 g/mol. The van der Waals surface area contributed by atoms with E-state index in [4.69, 9.17) is 6.42 Å². The first-order valence-corrected chi connectivity index (χ1v) is 12.2. The van der Waals surface area contributed by atoms with E-state index in [0.29, 0.717) is 24.8 Å². The molecule has 0 radical (unpaired) electrons. The second kappa shape index (κ2) is 10.3. The maximum atomic E-state index is 12.9. The van der Waals surface area contributed by atoms with Gasteiger partial charge in [-0.1, -0.05) is 18.1 Å². The number of carbonyl (C=O) groups excluding carboxylic acids is 1. The molecule has 0 bridgehead atoms. The van der Waals surface area contributed by atoms with Crippen LogP contribution >= 0.6 is 0 Å². The van der Waals surface area contributed by atoms with Gasteiger partial charge in [-0.3, -0.25) is 9.69 Å². The lowest BCUT2D eigenvalue weighted by Crippen LogP contribution is -2.45. The van der Waals surface area contributed by atoms with E-state index in [0.717, 1.165) is 40.8 Å². The number of likely N-dealkylation sites (tertiary alicyclic amines) is 2. The van der Waals surface area contributed by atoms with Crippen molar-refractivity contribution in [2.75, 3.05) is 38.0 Å². The molecular formula is C28H31N5O. The molecule has 6 nitrogen and oxygen atoms in total. The molecule has 0 aliphatic carbocycles. The summed E-state index contributed by atoms with van der Waals surface area (Å²) in [6.45, 7) is 5.06. The van der Waals surface area contributed by atoms with E-state index in [2.05, 4.69) is 31.0 Å². The molecule has 2 fully saturated rings. The van der Waals surface area contributed by atoms with Gasteiger partial charge < -0.3 is 10.2 Å². The van der Waals surface area contributed by atoms with Gasteiger partial charge >= 0.3 is 0 Å². The van der Waals surface area contributed by atoms with Gasteiger partial charge in [-0.15, -0.1) is 6.42 Å². The van der Waals surface area contributed by atoms with Crippen LogP contribution in [0.2, 0.25) is 0 Å². The highest BCUT2D eigenvalue weighted by atomic mass is 16.1. The van der Waals surface area contributed by atoms with Gasteiger partial charge in [-0.2, -0.15) is 0 Å². The Labute approximate surface area is 201 Å². The van der Waals surface area contributed by atoms with Crippen molar-refractivity contribution < 1.29 is 4.79 Å². The van der Waals surface area contributed by atoms with Crippen LogP contribution in [0.15, 0.2) is 48.8 Å². The molecule has 2 aromatic carbocycles. The van der Waals surface area contributed by atoms with Crippen molar-refractivity contribution >= 4 is 28.2 Å². The normalized spacial score (nSPS) is 17.6. The Balaban J connectivity index is 1.23. The average Bonchev–Trinajstić information content (AvgIpc) is 3.40. The summed E-state index contributed by atoms with van der Waals surface area (Å²) >= 11 is 0. The molecule has 5 rings (SSSR count). The van der Waals surface area contributed by atoms with Gasteiger partial charge in [0.15, 0.2) is 5.78 Å². The Morgan fingerprint density at radius 1 is 1.06 bits per heavy atom. The average molecular weight is 454 g/mol. The van der Waals surface area contributed by atoms with Gasteiger partial charge in [-0.25, -0.2) is 9.97 Å². The first kappa shape index (κ1) is 22.5. The fourth-order valence-electron chi connectivity index (χ4n) is 5.22. The van der Waals surface area contributed by atoms with E-state index in [9.17, 15) is 4.79 Å². The van der Waals surface area contributed by atoms with E-state index in [1.165, 1.54) is 38.8 Å². The Bertz CT molecular complexity index is 1200. The summed E-state index contributed by atoms with van der Waals surface area (Å²) in [4.78, 5) is 26.7. The maximum Gasteiger partial charge on any atom is 0.151 e. The zero-order valence-corrected chi connectivity index (χ0v) is 19.5. The number of fused-ring (bicyclic) bond motifs is 1. The van der Waals surface area contributed by atoms with Crippen LogP contribution in [0.5, 0.6) is 0 Å². The number of benzene rings is 2. The lowest BCUT2D eigenvalue weighted by Gasteiger charge is -2.36. The van der Waals surface area contributed by atoms with Crippen molar-refractivity contribution in [1.29, 1.82) is 0 Å². The van der Waals surface area contributed by atoms with E-state index < -0.39 is 0 Å². The van der Waals surface area contributed by atoms with E-state index in [1.807, 2.05) is 42.5 Å². The number of carbonyl (C=O) groups is 1. The van der Waals surface area contributed by atoms with Gasteiger partial charge in [0.2, 0.25) is 0 Å². The van der Waals surface area contributed by atoms with Crippen LogP contribution in [0.3, 0.4) is 0 Å². The first-order chi connectivity index (χ1) is 16.7. The summed E-state index contributed by atoms with van der Waals surface area (Å²) in [7, 11) is 0. The number of terminal acetylenes is 1.